The molecule has 0 spiro atoms. The number of hydrogen-bond donors (Lipinski definition) is 2. The zero-order valence-electron chi connectivity index (χ0n) is 15.5. The summed E-state index contributed by atoms with van der Waals surface area (Å²) < 4.78 is 3.64. The van der Waals surface area contributed by atoms with Gasteiger partial charge in [-0.3, -0.25) is 14.3 Å². The number of anilines is 2. The van der Waals surface area contributed by atoms with Crippen molar-refractivity contribution in [3.05, 3.63) is 58.5 Å². The minimum atomic E-state index is -0.304. The number of hydrogen-bond acceptors (Lipinski definition) is 3. The third-order valence-corrected chi connectivity index (χ3v) is 4.50. The predicted molar refractivity (Wildman–Crippen MR) is 106 cm³/mol. The van der Waals surface area contributed by atoms with Gasteiger partial charge in [-0.1, -0.05) is 11.6 Å². The van der Waals surface area contributed by atoms with Crippen LogP contribution in [-0.4, -0.2) is 26.2 Å². The van der Waals surface area contributed by atoms with Gasteiger partial charge in [0.1, 0.15) is 11.4 Å². The molecular weight excluding hydrogens is 366 g/mol. The van der Waals surface area contributed by atoms with Crippen molar-refractivity contribution < 1.29 is 9.59 Å². The average molecular weight is 386 g/mol. The van der Waals surface area contributed by atoms with E-state index >= 15 is 0 Å². The van der Waals surface area contributed by atoms with E-state index in [-0.39, 0.29) is 11.8 Å². The Bertz CT molecular complexity index is 1020. The fourth-order valence-electron chi connectivity index (χ4n) is 2.95. The molecule has 0 aliphatic carbocycles. The lowest BCUT2D eigenvalue weighted by molar-refractivity contribution is -0.114. The van der Waals surface area contributed by atoms with E-state index < -0.39 is 0 Å². The maximum Gasteiger partial charge on any atom is 0.261 e. The van der Waals surface area contributed by atoms with E-state index in [1.165, 1.54) is 13.1 Å². The molecule has 1 aromatic carbocycles. The van der Waals surface area contributed by atoms with Crippen molar-refractivity contribution >= 4 is 34.8 Å². The molecule has 140 valence electrons. The fourth-order valence-corrected chi connectivity index (χ4v) is 3.11. The summed E-state index contributed by atoms with van der Waals surface area (Å²) in [6, 6.07) is 8.89. The third-order valence-electron chi connectivity index (χ3n) is 4.17. The largest absolute Gasteiger partial charge is 0.325 e. The highest BCUT2D eigenvalue weighted by atomic mass is 35.5. The van der Waals surface area contributed by atoms with Crippen LogP contribution in [0, 0.1) is 13.8 Å². The van der Waals surface area contributed by atoms with Gasteiger partial charge in [-0.05, 0) is 44.2 Å². The third kappa shape index (κ3) is 3.73. The Hall–Kier alpha value is -3.06. The lowest BCUT2D eigenvalue weighted by atomic mass is 10.2. The number of nitrogens with zero attached hydrogens (tertiary/aromatic N) is 3. The highest BCUT2D eigenvalue weighted by molar-refractivity contribution is 6.33. The van der Waals surface area contributed by atoms with Gasteiger partial charge in [0.05, 0.1) is 16.9 Å². The van der Waals surface area contributed by atoms with E-state index in [9.17, 15) is 9.59 Å². The summed E-state index contributed by atoms with van der Waals surface area (Å²) in [7, 11) is 1.79. The van der Waals surface area contributed by atoms with Gasteiger partial charge in [-0.15, -0.1) is 0 Å². The van der Waals surface area contributed by atoms with Crippen molar-refractivity contribution in [2.75, 3.05) is 10.6 Å². The fraction of sp³-hybridized carbons (Fsp3) is 0.211. The summed E-state index contributed by atoms with van der Waals surface area (Å²) in [5.74, 6) is 0.138. The van der Waals surface area contributed by atoms with Crippen LogP contribution in [-0.2, 0) is 11.8 Å². The lowest BCUT2D eigenvalue weighted by Gasteiger charge is -2.13. The second-order valence-electron chi connectivity index (χ2n) is 6.29. The van der Waals surface area contributed by atoms with Crippen LogP contribution in [0.25, 0.3) is 5.82 Å². The molecule has 2 heterocycles. The number of aromatic nitrogens is 3. The van der Waals surface area contributed by atoms with Crippen LogP contribution < -0.4 is 10.6 Å². The molecule has 0 saturated carbocycles. The maximum absolute atomic E-state index is 12.9. The second kappa shape index (κ2) is 7.28. The molecule has 0 unspecified atom stereocenters. The Labute approximate surface area is 161 Å². The van der Waals surface area contributed by atoms with Crippen LogP contribution >= 0.6 is 11.6 Å². The molecule has 0 aliphatic heterocycles. The zero-order valence-corrected chi connectivity index (χ0v) is 16.3. The zero-order chi connectivity index (χ0) is 19.7. The van der Waals surface area contributed by atoms with Gasteiger partial charge in [-0.2, -0.15) is 5.10 Å². The Balaban J connectivity index is 1.94. The van der Waals surface area contributed by atoms with Gasteiger partial charge in [0.15, 0.2) is 0 Å². The average Bonchev–Trinajstić information content (AvgIpc) is 3.12. The van der Waals surface area contributed by atoms with E-state index in [0.717, 1.165) is 11.4 Å². The Morgan fingerprint density at radius 2 is 1.74 bits per heavy atom. The molecule has 7 nitrogen and oxygen atoms in total. The van der Waals surface area contributed by atoms with Crippen molar-refractivity contribution in [2.24, 2.45) is 7.05 Å². The summed E-state index contributed by atoms with van der Waals surface area (Å²) in [5.41, 5.74) is 3.40. The first kappa shape index (κ1) is 18.7. The molecule has 0 aliphatic rings. The van der Waals surface area contributed by atoms with Crippen molar-refractivity contribution in [3.8, 4) is 5.82 Å². The van der Waals surface area contributed by atoms with Gasteiger partial charge in [0.25, 0.3) is 5.91 Å². The topological polar surface area (TPSA) is 81.0 Å². The normalized spacial score (nSPS) is 10.7. The first-order valence-corrected chi connectivity index (χ1v) is 8.71. The van der Waals surface area contributed by atoms with E-state index in [1.807, 2.05) is 30.5 Å². The molecule has 0 bridgehead atoms. The second-order valence-corrected chi connectivity index (χ2v) is 6.69. The Morgan fingerprint density at radius 3 is 2.37 bits per heavy atom. The molecule has 0 saturated heterocycles. The van der Waals surface area contributed by atoms with E-state index in [1.54, 1.807) is 29.9 Å². The minimum Gasteiger partial charge on any atom is -0.325 e. The molecule has 0 radical (unpaired) electrons. The van der Waals surface area contributed by atoms with Gasteiger partial charge in [0, 0.05) is 31.0 Å². The van der Waals surface area contributed by atoms with Crippen molar-refractivity contribution in [2.45, 2.75) is 20.8 Å². The Morgan fingerprint density at radius 1 is 1.07 bits per heavy atom. The van der Waals surface area contributed by atoms with Gasteiger partial charge < -0.3 is 15.2 Å². The van der Waals surface area contributed by atoms with Crippen molar-refractivity contribution in [1.82, 2.24) is 14.3 Å². The number of halogens is 1. The first-order chi connectivity index (χ1) is 12.8. The van der Waals surface area contributed by atoms with Crippen molar-refractivity contribution in [3.63, 3.8) is 0 Å². The molecule has 27 heavy (non-hydrogen) atoms. The SMILES string of the molecule is CC(=O)Nc1cc(NC(=O)c2cnn(C)c2-n2c(C)ccc2C)ccc1Cl. The van der Waals surface area contributed by atoms with Crippen LogP contribution in [0.1, 0.15) is 28.7 Å². The standard InChI is InChI=1S/C19H20ClN5O2/c1-11-5-6-12(2)25(11)19-15(10-21-24(19)4)18(27)23-14-7-8-16(20)17(9-14)22-13(3)26/h5-10H,1-4H3,(H,22,26)(H,23,27). The predicted octanol–water partition coefficient (Wildman–Crippen LogP) is 3.69. The quantitative estimate of drug-likeness (QED) is 0.718. The molecule has 2 aromatic heterocycles. The summed E-state index contributed by atoms with van der Waals surface area (Å²) in [4.78, 5) is 24.2. The van der Waals surface area contributed by atoms with E-state index in [4.69, 9.17) is 11.6 Å². The summed E-state index contributed by atoms with van der Waals surface area (Å²) in [6.07, 6.45) is 1.54. The molecule has 2 N–H and O–H groups in total. The van der Waals surface area contributed by atoms with Crippen LogP contribution in [0.15, 0.2) is 36.5 Å². The number of rotatable bonds is 4. The smallest absolute Gasteiger partial charge is 0.261 e. The molecular formula is C19H20ClN5O2. The molecule has 3 rings (SSSR count). The Kier molecular flexibility index (Phi) is 5.05. The number of carbonyl (C=O) groups is 2. The van der Waals surface area contributed by atoms with Crippen molar-refractivity contribution in [1.29, 1.82) is 0 Å². The number of benzene rings is 1. The molecule has 3 aromatic rings. The van der Waals surface area contributed by atoms with Crippen LogP contribution in [0.3, 0.4) is 0 Å². The van der Waals surface area contributed by atoms with Crippen LogP contribution in [0.4, 0.5) is 11.4 Å². The highest BCUT2D eigenvalue weighted by Crippen LogP contribution is 2.27. The van der Waals surface area contributed by atoms with Gasteiger partial charge in [-0.25, -0.2) is 0 Å². The van der Waals surface area contributed by atoms with E-state index in [2.05, 4.69) is 15.7 Å². The number of nitrogens with one attached hydrogen (secondary N) is 2. The summed E-state index contributed by atoms with van der Waals surface area (Å²) in [5, 5.41) is 10.1. The lowest BCUT2D eigenvalue weighted by Crippen LogP contribution is -2.16. The summed E-state index contributed by atoms with van der Waals surface area (Å²) >= 11 is 6.08. The molecule has 0 fully saturated rings. The van der Waals surface area contributed by atoms with Gasteiger partial charge >= 0.3 is 0 Å². The highest BCUT2D eigenvalue weighted by Gasteiger charge is 2.20. The maximum atomic E-state index is 12.9. The monoisotopic (exact) mass is 385 g/mol. The molecule has 8 heteroatoms. The number of amides is 2. The minimum absolute atomic E-state index is 0.242. The molecule has 0 atom stereocenters. The number of carbonyl (C=O) groups excluding carboxylic acids is 2. The van der Waals surface area contributed by atoms with E-state index in [0.29, 0.717) is 27.8 Å². The summed E-state index contributed by atoms with van der Waals surface area (Å²) in [6.45, 7) is 5.34. The van der Waals surface area contributed by atoms with Gasteiger partial charge in [0.2, 0.25) is 5.91 Å². The molecule has 2 amide bonds. The number of aryl methyl sites for hydroxylation is 3. The van der Waals surface area contributed by atoms with Crippen LogP contribution in [0.2, 0.25) is 5.02 Å². The first-order valence-electron chi connectivity index (χ1n) is 8.33. The van der Waals surface area contributed by atoms with Crippen LogP contribution in [0.5, 0.6) is 0 Å².